The van der Waals surface area contributed by atoms with Crippen LogP contribution in [0, 0.1) is 6.92 Å². The summed E-state index contributed by atoms with van der Waals surface area (Å²) in [4.78, 5) is 5.68. The largest absolute Gasteiger partial charge is 0.374 e. The van der Waals surface area contributed by atoms with Crippen LogP contribution >= 0.6 is 22.7 Å². The molecule has 4 nitrogen and oxygen atoms in total. The molecule has 19 heavy (non-hydrogen) atoms. The summed E-state index contributed by atoms with van der Waals surface area (Å²) < 4.78 is 0. The third kappa shape index (κ3) is 2.64. The van der Waals surface area contributed by atoms with E-state index in [0.717, 1.165) is 27.0 Å². The van der Waals surface area contributed by atoms with Crippen LogP contribution in [0.2, 0.25) is 0 Å². The van der Waals surface area contributed by atoms with E-state index in [1.54, 1.807) is 11.3 Å². The Bertz CT molecular complexity index is 688. The van der Waals surface area contributed by atoms with E-state index < -0.39 is 0 Å². The zero-order valence-corrected chi connectivity index (χ0v) is 12.0. The highest BCUT2D eigenvalue weighted by Crippen LogP contribution is 2.33. The minimum Gasteiger partial charge on any atom is -0.374 e. The van der Waals surface area contributed by atoms with Crippen molar-refractivity contribution >= 4 is 27.8 Å². The van der Waals surface area contributed by atoms with Gasteiger partial charge in [-0.3, -0.25) is 0 Å². The van der Waals surface area contributed by atoms with E-state index in [1.807, 2.05) is 25.1 Å². The van der Waals surface area contributed by atoms with Gasteiger partial charge in [0.25, 0.3) is 0 Å². The molecule has 2 heterocycles. The molecule has 0 radical (unpaired) electrons. The van der Waals surface area contributed by atoms with Crippen LogP contribution in [-0.2, 0) is 6.42 Å². The normalized spacial score (nSPS) is 10.8. The topological polar surface area (TPSA) is 64.7 Å². The quantitative estimate of drug-likeness (QED) is 0.804. The number of hydrogen-bond acceptors (Lipinski definition) is 6. The molecule has 0 saturated heterocycles. The molecular weight excluding hydrogens is 276 g/mol. The number of anilines is 1. The fourth-order valence-corrected chi connectivity index (χ4v) is 3.65. The molecule has 0 bridgehead atoms. The molecule has 0 spiro atoms. The van der Waals surface area contributed by atoms with Crippen molar-refractivity contribution < 1.29 is 0 Å². The Morgan fingerprint density at radius 3 is 2.58 bits per heavy atom. The first-order chi connectivity index (χ1) is 9.22. The summed E-state index contributed by atoms with van der Waals surface area (Å²) in [6.45, 7) is 2.00. The molecule has 0 atom stereocenters. The molecule has 0 saturated carbocycles. The van der Waals surface area contributed by atoms with Gasteiger partial charge >= 0.3 is 0 Å². The lowest BCUT2D eigenvalue weighted by molar-refractivity contribution is 1.09. The second-order valence-electron chi connectivity index (χ2n) is 4.13. The van der Waals surface area contributed by atoms with E-state index in [0.29, 0.717) is 5.13 Å². The van der Waals surface area contributed by atoms with Gasteiger partial charge in [0.2, 0.25) is 5.13 Å². The Kier molecular flexibility index (Phi) is 3.27. The van der Waals surface area contributed by atoms with Gasteiger partial charge in [-0.1, -0.05) is 41.7 Å². The maximum absolute atomic E-state index is 5.63. The first kappa shape index (κ1) is 12.3. The Hall–Kier alpha value is -1.79. The van der Waals surface area contributed by atoms with E-state index >= 15 is 0 Å². The highest BCUT2D eigenvalue weighted by molar-refractivity contribution is 7.23. The summed E-state index contributed by atoms with van der Waals surface area (Å²) in [5.41, 5.74) is 7.88. The van der Waals surface area contributed by atoms with Crippen LogP contribution in [0.1, 0.15) is 16.3 Å². The Balaban J connectivity index is 1.89. The lowest BCUT2D eigenvalue weighted by atomic mass is 10.2. The zero-order valence-electron chi connectivity index (χ0n) is 10.3. The molecule has 2 aromatic heterocycles. The monoisotopic (exact) mass is 288 g/mol. The van der Waals surface area contributed by atoms with Crippen LogP contribution in [0.25, 0.3) is 9.88 Å². The fraction of sp³-hybridized carbons (Fsp3) is 0.154. The van der Waals surface area contributed by atoms with Crippen molar-refractivity contribution in [2.24, 2.45) is 0 Å². The van der Waals surface area contributed by atoms with Crippen LogP contribution in [0.3, 0.4) is 0 Å². The number of thiazole rings is 1. The highest BCUT2D eigenvalue weighted by Gasteiger charge is 2.13. The van der Waals surface area contributed by atoms with Crippen LogP contribution in [0.4, 0.5) is 5.13 Å². The number of nitrogen functional groups attached to an aromatic ring is 1. The molecule has 3 rings (SSSR count). The Morgan fingerprint density at radius 2 is 1.89 bits per heavy atom. The second-order valence-corrected chi connectivity index (χ2v) is 6.22. The second kappa shape index (κ2) is 5.07. The number of aryl methyl sites for hydroxylation is 1. The van der Waals surface area contributed by atoms with Gasteiger partial charge in [-0.2, -0.15) is 0 Å². The lowest BCUT2D eigenvalue weighted by Gasteiger charge is -1.95. The van der Waals surface area contributed by atoms with Crippen molar-refractivity contribution in [1.29, 1.82) is 0 Å². The van der Waals surface area contributed by atoms with Gasteiger partial charge in [-0.05, 0) is 12.5 Å². The maximum atomic E-state index is 5.63. The van der Waals surface area contributed by atoms with Gasteiger partial charge in [-0.15, -0.1) is 21.5 Å². The predicted octanol–water partition coefficient (Wildman–Crippen LogP) is 3.14. The van der Waals surface area contributed by atoms with Gasteiger partial charge in [-0.25, -0.2) is 4.98 Å². The lowest BCUT2D eigenvalue weighted by Crippen LogP contribution is -1.86. The van der Waals surface area contributed by atoms with Crippen LogP contribution in [0.5, 0.6) is 0 Å². The molecule has 0 amide bonds. The zero-order chi connectivity index (χ0) is 13.2. The third-order valence-electron chi connectivity index (χ3n) is 2.67. The number of nitrogens with zero attached hydrogens (tertiary/aromatic N) is 3. The summed E-state index contributed by atoms with van der Waals surface area (Å²) in [6, 6.07) is 10.3. The van der Waals surface area contributed by atoms with Gasteiger partial charge in [0.05, 0.1) is 15.6 Å². The highest BCUT2D eigenvalue weighted by atomic mass is 32.1. The average Bonchev–Trinajstić information content (AvgIpc) is 2.97. The van der Waals surface area contributed by atoms with Crippen molar-refractivity contribution in [2.75, 3.05) is 5.73 Å². The first-order valence-electron chi connectivity index (χ1n) is 5.82. The molecule has 96 valence electrons. The van der Waals surface area contributed by atoms with Crippen LogP contribution in [0.15, 0.2) is 30.3 Å². The molecule has 3 aromatic rings. The summed E-state index contributed by atoms with van der Waals surface area (Å²) in [7, 11) is 0. The predicted molar refractivity (Wildman–Crippen MR) is 79.4 cm³/mol. The van der Waals surface area contributed by atoms with Gasteiger partial charge in [0, 0.05) is 6.42 Å². The number of hydrogen-bond donors (Lipinski definition) is 1. The van der Waals surface area contributed by atoms with Crippen molar-refractivity contribution in [1.82, 2.24) is 15.2 Å². The molecular formula is C13H12N4S2. The van der Waals surface area contributed by atoms with Crippen LogP contribution in [-0.4, -0.2) is 15.2 Å². The summed E-state index contributed by atoms with van der Waals surface area (Å²) in [6.07, 6.45) is 0.848. The number of rotatable bonds is 3. The van der Waals surface area contributed by atoms with Crippen molar-refractivity contribution in [2.45, 2.75) is 13.3 Å². The fourth-order valence-electron chi connectivity index (χ4n) is 1.82. The molecule has 1 aromatic carbocycles. The average molecular weight is 288 g/mol. The van der Waals surface area contributed by atoms with E-state index in [4.69, 9.17) is 5.73 Å². The number of benzene rings is 1. The third-order valence-corrected chi connectivity index (χ3v) is 4.74. The van der Waals surface area contributed by atoms with Crippen molar-refractivity contribution in [3.63, 3.8) is 0 Å². The van der Waals surface area contributed by atoms with Crippen molar-refractivity contribution in [3.05, 3.63) is 46.6 Å². The van der Waals surface area contributed by atoms with Gasteiger partial charge < -0.3 is 5.73 Å². The van der Waals surface area contributed by atoms with Crippen molar-refractivity contribution in [3.8, 4) is 9.88 Å². The summed E-state index contributed by atoms with van der Waals surface area (Å²) >= 11 is 3.06. The SMILES string of the molecule is Cc1nc(Cc2ccccc2)sc1-c1nnc(N)s1. The Morgan fingerprint density at radius 1 is 1.11 bits per heavy atom. The molecule has 6 heteroatoms. The van der Waals surface area contributed by atoms with E-state index in [-0.39, 0.29) is 0 Å². The summed E-state index contributed by atoms with van der Waals surface area (Å²) in [5, 5.41) is 10.4. The Labute approximate surface area is 119 Å². The van der Waals surface area contributed by atoms with Gasteiger partial charge in [0.15, 0.2) is 5.01 Å². The number of aromatic nitrogens is 3. The minimum absolute atomic E-state index is 0.493. The van der Waals surface area contributed by atoms with Gasteiger partial charge in [0.1, 0.15) is 0 Å². The standard InChI is InChI=1S/C13H12N4S2/c1-8-11(12-16-17-13(14)19-12)18-10(15-8)7-9-5-3-2-4-6-9/h2-6H,7H2,1H3,(H2,14,17). The number of nitrogens with two attached hydrogens (primary N) is 1. The smallest absolute Gasteiger partial charge is 0.203 e. The molecule has 2 N–H and O–H groups in total. The molecule has 0 unspecified atom stereocenters. The molecule has 0 aliphatic rings. The van der Waals surface area contributed by atoms with E-state index in [2.05, 4.69) is 27.3 Å². The first-order valence-corrected chi connectivity index (χ1v) is 7.45. The molecule has 0 aliphatic heterocycles. The van der Waals surface area contributed by atoms with E-state index in [1.165, 1.54) is 16.9 Å². The summed E-state index contributed by atoms with van der Waals surface area (Å²) in [5.74, 6) is 0. The minimum atomic E-state index is 0.493. The van der Waals surface area contributed by atoms with Crippen LogP contribution < -0.4 is 5.73 Å². The molecule has 0 fully saturated rings. The van der Waals surface area contributed by atoms with E-state index in [9.17, 15) is 0 Å². The maximum Gasteiger partial charge on any atom is 0.203 e. The molecule has 0 aliphatic carbocycles.